The second-order valence-corrected chi connectivity index (χ2v) is 9.25. The SMILES string of the molecule is N[P@](=O)(OCCC(OCc1ccccc1)OCc1ccccc1)N(CCCl)CCCl. The Morgan fingerprint density at radius 3 is 1.77 bits per heavy atom. The standard InChI is InChI=1S/C21H29Cl2N2O4P/c22-12-14-25(15-13-23)30(24,26)29-16-11-21(27-17-19-7-3-1-4-8-19)28-18-20-9-5-2-6-10-20/h1-10,21H,11-18H2,(H2,24,26)/t30-/m0/s1. The van der Waals surface area contributed by atoms with Crippen LogP contribution in [0.2, 0.25) is 0 Å². The normalized spacial score (nSPS) is 13.6. The van der Waals surface area contributed by atoms with Gasteiger partial charge in [0.15, 0.2) is 6.29 Å². The molecule has 166 valence electrons. The predicted molar refractivity (Wildman–Crippen MR) is 122 cm³/mol. The molecule has 0 spiro atoms. The van der Waals surface area contributed by atoms with Crippen molar-refractivity contribution in [2.45, 2.75) is 25.9 Å². The van der Waals surface area contributed by atoms with Gasteiger partial charge in [0, 0.05) is 31.3 Å². The van der Waals surface area contributed by atoms with Crippen LogP contribution in [0, 0.1) is 0 Å². The lowest BCUT2D eigenvalue weighted by atomic mass is 10.2. The minimum Gasteiger partial charge on any atom is -0.348 e. The Hall–Kier alpha value is -0.950. The third kappa shape index (κ3) is 9.46. The van der Waals surface area contributed by atoms with Gasteiger partial charge < -0.3 is 14.0 Å². The van der Waals surface area contributed by atoms with E-state index < -0.39 is 14.0 Å². The van der Waals surface area contributed by atoms with Gasteiger partial charge in [0.2, 0.25) is 0 Å². The Labute approximate surface area is 188 Å². The molecule has 0 aromatic heterocycles. The van der Waals surface area contributed by atoms with E-state index in [9.17, 15) is 4.57 Å². The molecule has 0 radical (unpaired) electrons. The average Bonchev–Trinajstić information content (AvgIpc) is 2.76. The summed E-state index contributed by atoms with van der Waals surface area (Å²) in [7, 11) is -3.49. The molecular formula is C21H29Cl2N2O4P. The van der Waals surface area contributed by atoms with Gasteiger partial charge in [-0.25, -0.2) is 10.2 Å². The topological polar surface area (TPSA) is 74.0 Å². The minimum absolute atomic E-state index is 0.114. The van der Waals surface area contributed by atoms with Crippen LogP contribution in [-0.2, 0) is 31.8 Å². The van der Waals surface area contributed by atoms with E-state index in [0.29, 0.717) is 32.7 Å². The number of hydrogen-bond donors (Lipinski definition) is 1. The molecule has 2 rings (SSSR count). The number of benzene rings is 2. The molecule has 0 aliphatic carbocycles. The molecule has 6 nitrogen and oxygen atoms in total. The zero-order valence-electron chi connectivity index (χ0n) is 16.9. The fourth-order valence-electron chi connectivity index (χ4n) is 2.69. The van der Waals surface area contributed by atoms with Crippen molar-refractivity contribution in [3.8, 4) is 0 Å². The predicted octanol–water partition coefficient (Wildman–Crippen LogP) is 5.00. The zero-order chi connectivity index (χ0) is 21.7. The number of nitrogens with zero attached hydrogens (tertiary/aromatic N) is 1. The van der Waals surface area contributed by atoms with Crippen molar-refractivity contribution >= 4 is 30.9 Å². The Morgan fingerprint density at radius 1 is 0.867 bits per heavy atom. The molecule has 0 fully saturated rings. The quantitative estimate of drug-likeness (QED) is 0.222. The van der Waals surface area contributed by atoms with Crippen molar-refractivity contribution in [1.82, 2.24) is 4.67 Å². The molecule has 0 saturated heterocycles. The molecule has 2 aromatic rings. The van der Waals surface area contributed by atoms with Crippen LogP contribution in [0.25, 0.3) is 0 Å². The van der Waals surface area contributed by atoms with Crippen molar-refractivity contribution in [3.05, 3.63) is 71.8 Å². The lowest BCUT2D eigenvalue weighted by Crippen LogP contribution is -2.30. The summed E-state index contributed by atoms with van der Waals surface area (Å²) in [4.78, 5) is 0. The second kappa shape index (κ2) is 14.2. The Balaban J connectivity index is 1.91. The van der Waals surface area contributed by atoms with Gasteiger partial charge in [-0.2, -0.15) is 0 Å². The average molecular weight is 475 g/mol. The van der Waals surface area contributed by atoms with E-state index in [1.54, 1.807) is 0 Å². The largest absolute Gasteiger partial charge is 0.348 e. The van der Waals surface area contributed by atoms with Crippen molar-refractivity contribution in [3.63, 3.8) is 0 Å². The number of nitrogens with two attached hydrogens (primary N) is 1. The molecule has 9 heteroatoms. The Morgan fingerprint density at radius 2 is 1.33 bits per heavy atom. The molecule has 2 aromatic carbocycles. The lowest BCUT2D eigenvalue weighted by Gasteiger charge is -2.27. The summed E-state index contributed by atoms with van der Waals surface area (Å²) in [5.41, 5.74) is 7.98. The van der Waals surface area contributed by atoms with Gasteiger partial charge in [0.25, 0.3) is 0 Å². The van der Waals surface area contributed by atoms with E-state index in [-0.39, 0.29) is 18.4 Å². The van der Waals surface area contributed by atoms with E-state index in [1.165, 1.54) is 4.67 Å². The fraction of sp³-hybridized carbons (Fsp3) is 0.429. The van der Waals surface area contributed by atoms with Crippen LogP contribution in [0.4, 0.5) is 0 Å². The molecule has 0 unspecified atom stereocenters. The number of rotatable bonds is 15. The van der Waals surface area contributed by atoms with Crippen molar-refractivity contribution in [2.24, 2.45) is 5.50 Å². The Bertz CT molecular complexity index is 706. The summed E-state index contributed by atoms with van der Waals surface area (Å²) in [6.45, 7) is 1.57. The van der Waals surface area contributed by atoms with Crippen LogP contribution in [0.15, 0.2) is 60.7 Å². The molecule has 1 atom stereocenters. The maximum absolute atomic E-state index is 12.7. The molecule has 0 aliphatic rings. The summed E-state index contributed by atoms with van der Waals surface area (Å²) in [5, 5.41) is 0. The summed E-state index contributed by atoms with van der Waals surface area (Å²) in [6.07, 6.45) is -0.170. The van der Waals surface area contributed by atoms with Crippen molar-refractivity contribution < 1.29 is 18.6 Å². The molecule has 0 bridgehead atoms. The molecular weight excluding hydrogens is 446 g/mol. The Kier molecular flexibility index (Phi) is 12.0. The molecule has 0 amide bonds. The number of hydrogen-bond acceptors (Lipinski definition) is 4. The number of halogens is 2. The molecule has 30 heavy (non-hydrogen) atoms. The van der Waals surface area contributed by atoms with Crippen molar-refractivity contribution in [1.29, 1.82) is 0 Å². The summed E-state index contributed by atoms with van der Waals surface area (Å²) < 4.78 is 31.6. The van der Waals surface area contributed by atoms with Gasteiger partial charge in [-0.15, -0.1) is 23.2 Å². The summed E-state index contributed by atoms with van der Waals surface area (Å²) in [6, 6.07) is 19.6. The lowest BCUT2D eigenvalue weighted by molar-refractivity contribution is -0.163. The maximum Gasteiger partial charge on any atom is 0.340 e. The van der Waals surface area contributed by atoms with E-state index in [4.69, 9.17) is 42.7 Å². The van der Waals surface area contributed by atoms with Crippen LogP contribution in [0.3, 0.4) is 0 Å². The highest BCUT2D eigenvalue weighted by molar-refractivity contribution is 7.53. The molecule has 0 aliphatic heterocycles. The zero-order valence-corrected chi connectivity index (χ0v) is 19.3. The number of alkyl halides is 2. The van der Waals surface area contributed by atoms with Crippen molar-refractivity contribution in [2.75, 3.05) is 31.5 Å². The summed E-state index contributed by atoms with van der Waals surface area (Å²) in [5.74, 6) is 0.564. The molecule has 0 heterocycles. The number of ether oxygens (including phenoxy) is 2. The minimum atomic E-state index is -3.49. The molecule has 2 N–H and O–H groups in total. The van der Waals surface area contributed by atoms with Gasteiger partial charge in [-0.1, -0.05) is 60.7 Å². The highest BCUT2D eigenvalue weighted by Crippen LogP contribution is 2.42. The van der Waals surface area contributed by atoms with Crippen LogP contribution >= 0.6 is 30.9 Å². The van der Waals surface area contributed by atoms with E-state index in [0.717, 1.165) is 11.1 Å². The van der Waals surface area contributed by atoms with E-state index in [1.807, 2.05) is 60.7 Å². The van der Waals surface area contributed by atoms with Crippen LogP contribution in [0.1, 0.15) is 17.5 Å². The first-order valence-corrected chi connectivity index (χ1v) is 12.5. The smallest absolute Gasteiger partial charge is 0.340 e. The van der Waals surface area contributed by atoms with E-state index >= 15 is 0 Å². The van der Waals surface area contributed by atoms with Crippen LogP contribution < -0.4 is 5.50 Å². The fourth-order valence-corrected chi connectivity index (χ4v) is 4.62. The van der Waals surface area contributed by atoms with Crippen LogP contribution in [-0.4, -0.2) is 42.4 Å². The van der Waals surface area contributed by atoms with Gasteiger partial charge in [0.05, 0.1) is 19.8 Å². The first-order valence-electron chi connectivity index (χ1n) is 9.76. The third-order valence-electron chi connectivity index (χ3n) is 4.27. The van der Waals surface area contributed by atoms with Gasteiger partial charge in [-0.3, -0.25) is 4.57 Å². The highest BCUT2D eigenvalue weighted by atomic mass is 35.5. The first-order chi connectivity index (χ1) is 14.5. The maximum atomic E-state index is 12.7. The summed E-state index contributed by atoms with van der Waals surface area (Å²) >= 11 is 11.5. The highest BCUT2D eigenvalue weighted by Gasteiger charge is 2.27. The second-order valence-electron chi connectivity index (χ2n) is 6.54. The third-order valence-corrected chi connectivity index (χ3v) is 6.35. The van der Waals surface area contributed by atoms with Gasteiger partial charge in [0.1, 0.15) is 0 Å². The van der Waals surface area contributed by atoms with Gasteiger partial charge in [-0.05, 0) is 11.1 Å². The van der Waals surface area contributed by atoms with E-state index in [2.05, 4.69) is 0 Å². The first kappa shape index (κ1) is 25.3. The van der Waals surface area contributed by atoms with Gasteiger partial charge >= 0.3 is 7.67 Å². The van der Waals surface area contributed by atoms with Crippen LogP contribution in [0.5, 0.6) is 0 Å². The monoisotopic (exact) mass is 474 g/mol. The molecule has 0 saturated carbocycles.